The molecule has 0 aromatic carbocycles. The molecule has 0 aliphatic carbocycles. The largest absolute Gasteiger partial charge is 0.236 e. The minimum atomic E-state index is 0.372. The normalized spacial score (nSPS) is 10.2. The van der Waals surface area contributed by atoms with Crippen LogP contribution >= 0.6 is 0 Å². The third-order valence-electron chi connectivity index (χ3n) is 2.46. The van der Waals surface area contributed by atoms with Gasteiger partial charge in [0.2, 0.25) is 15.2 Å². The molecule has 0 nitrogen and oxygen atoms in total. The second-order valence-electron chi connectivity index (χ2n) is 3.83. The van der Waals surface area contributed by atoms with Gasteiger partial charge in [-0.2, -0.15) is 0 Å². The van der Waals surface area contributed by atoms with Crippen LogP contribution in [-0.2, 0) is 0 Å². The smallest absolute Gasteiger partial charge is 0.0975 e. The van der Waals surface area contributed by atoms with Gasteiger partial charge < -0.3 is 0 Å². The van der Waals surface area contributed by atoms with E-state index in [0.717, 1.165) is 0 Å². The van der Waals surface area contributed by atoms with Crippen molar-refractivity contribution in [1.29, 1.82) is 0 Å². The van der Waals surface area contributed by atoms with Crippen LogP contribution in [0.2, 0.25) is 10.6 Å². The van der Waals surface area contributed by atoms with E-state index in [-0.39, 0.29) is 0 Å². The third kappa shape index (κ3) is 10.5. The molecular formula is C11H25Al. The lowest BCUT2D eigenvalue weighted by Crippen LogP contribution is -1.87. The van der Waals surface area contributed by atoms with Gasteiger partial charge in [0.05, 0.1) is 0 Å². The van der Waals surface area contributed by atoms with Gasteiger partial charge >= 0.3 is 0 Å². The Kier molecular flexibility index (Phi) is 12.0. The zero-order valence-electron chi connectivity index (χ0n) is 9.07. The lowest BCUT2D eigenvalue weighted by Gasteiger charge is -1.98. The number of rotatable bonds is 9. The van der Waals surface area contributed by atoms with E-state index >= 15 is 0 Å². The molecule has 0 aromatic rings. The van der Waals surface area contributed by atoms with Crippen LogP contribution in [0.3, 0.4) is 0 Å². The Morgan fingerprint density at radius 2 is 1.33 bits per heavy atom. The minimum absolute atomic E-state index is 0.372. The van der Waals surface area contributed by atoms with Gasteiger partial charge in [0.1, 0.15) is 0 Å². The monoisotopic (exact) mass is 184 g/mol. The zero-order chi connectivity index (χ0) is 9.07. The zero-order valence-corrected chi connectivity index (χ0v) is 10.5. The van der Waals surface area contributed by atoms with Gasteiger partial charge in [-0.25, -0.2) is 0 Å². The van der Waals surface area contributed by atoms with Crippen LogP contribution < -0.4 is 0 Å². The molecule has 0 amide bonds. The molecule has 72 valence electrons. The van der Waals surface area contributed by atoms with Gasteiger partial charge in [-0.3, -0.25) is 0 Å². The van der Waals surface area contributed by atoms with Crippen LogP contribution in [0.4, 0.5) is 0 Å². The number of hydrogen-bond acceptors (Lipinski definition) is 0. The molecule has 0 spiro atoms. The van der Waals surface area contributed by atoms with Gasteiger partial charge in [-0.05, 0) is 0 Å². The van der Waals surface area contributed by atoms with Crippen LogP contribution in [0.25, 0.3) is 0 Å². The lowest BCUT2D eigenvalue weighted by molar-refractivity contribution is 0.623. The topological polar surface area (TPSA) is 0 Å². The van der Waals surface area contributed by atoms with Gasteiger partial charge in [-0.1, -0.05) is 69.4 Å². The summed E-state index contributed by atoms with van der Waals surface area (Å²) < 4.78 is 0. The van der Waals surface area contributed by atoms with Gasteiger partial charge in [0.25, 0.3) is 0 Å². The number of unbranched alkanes of at least 4 members (excludes halogenated alkanes) is 5. The molecule has 1 heteroatoms. The second kappa shape index (κ2) is 11.5. The summed E-state index contributed by atoms with van der Waals surface area (Å²) in [6, 6.07) is 0. The molecule has 0 atom stereocenters. The summed E-state index contributed by atoms with van der Waals surface area (Å²) in [6.45, 7) is 4.60. The Bertz CT molecular complexity index is 61.4. The van der Waals surface area contributed by atoms with Crippen LogP contribution in [0.15, 0.2) is 0 Å². The molecule has 0 heterocycles. The Balaban J connectivity index is 2.73. The molecule has 0 aliphatic heterocycles. The molecule has 0 aromatic heterocycles. The van der Waals surface area contributed by atoms with Crippen LogP contribution in [0, 0.1) is 0 Å². The molecule has 0 fully saturated rings. The molecule has 0 radical (unpaired) electrons. The first-order valence-electron chi connectivity index (χ1n) is 5.91. The summed E-state index contributed by atoms with van der Waals surface area (Å²) in [7, 11) is 0. The van der Waals surface area contributed by atoms with E-state index in [1.807, 2.05) is 0 Å². The lowest BCUT2D eigenvalue weighted by atomic mass is 10.1. The van der Waals surface area contributed by atoms with Crippen LogP contribution in [0.5, 0.6) is 0 Å². The molecule has 12 heavy (non-hydrogen) atoms. The fourth-order valence-electron chi connectivity index (χ4n) is 1.56. The van der Waals surface area contributed by atoms with Crippen molar-refractivity contribution in [1.82, 2.24) is 0 Å². The maximum atomic E-state index is 2.31. The Labute approximate surface area is 84.8 Å². The Hall–Kier alpha value is 0.532. The predicted octanol–water partition coefficient (Wildman–Crippen LogP) is 4.03. The highest BCUT2D eigenvalue weighted by Crippen LogP contribution is 2.07. The van der Waals surface area contributed by atoms with Crippen molar-refractivity contribution in [3.05, 3.63) is 0 Å². The first-order valence-corrected chi connectivity index (χ1v) is 7.91. The van der Waals surface area contributed by atoms with Crippen molar-refractivity contribution in [3.63, 3.8) is 0 Å². The van der Waals surface area contributed by atoms with E-state index in [1.54, 1.807) is 10.6 Å². The van der Waals surface area contributed by atoms with Gasteiger partial charge in [0, 0.05) is 0 Å². The van der Waals surface area contributed by atoms with Gasteiger partial charge in [-0.15, -0.1) is 0 Å². The van der Waals surface area contributed by atoms with Crippen molar-refractivity contribution in [3.8, 4) is 0 Å². The average Bonchev–Trinajstić information content (AvgIpc) is 2.10. The summed E-state index contributed by atoms with van der Waals surface area (Å²) in [4.78, 5) is 0. The number of hydrogen-bond donors (Lipinski definition) is 0. The fraction of sp³-hybridized carbons (Fsp3) is 1.00. The van der Waals surface area contributed by atoms with Crippen molar-refractivity contribution < 1.29 is 0 Å². The summed E-state index contributed by atoms with van der Waals surface area (Å²) in [6.07, 6.45) is 10.3. The highest BCUT2D eigenvalue weighted by Gasteiger charge is 1.92. The summed E-state index contributed by atoms with van der Waals surface area (Å²) >= 11 is 0.372. The maximum absolute atomic E-state index is 2.31. The van der Waals surface area contributed by atoms with E-state index in [1.165, 1.54) is 44.9 Å². The van der Waals surface area contributed by atoms with Crippen molar-refractivity contribution in [2.24, 2.45) is 0 Å². The molecule has 0 rings (SSSR count). The van der Waals surface area contributed by atoms with E-state index in [0.29, 0.717) is 15.2 Å². The molecule has 0 N–H and O–H groups in total. The first-order chi connectivity index (χ1) is 5.91. The standard InChI is InChI=1S/C8H17.C3H7.Al.H/c1-3-5-7-8-6-4-2;1-3-2;;/h1,3-8H2,2H3;1,3H2,2H3;;. The third-order valence-corrected chi connectivity index (χ3v) is 4.66. The Morgan fingerprint density at radius 3 is 2.00 bits per heavy atom. The minimum Gasteiger partial charge on any atom is -0.0975 e. The van der Waals surface area contributed by atoms with E-state index in [9.17, 15) is 0 Å². The SMILES string of the molecule is CCCCCCC[CH2][AlH][CH2]CC. The molecule has 0 aliphatic rings. The van der Waals surface area contributed by atoms with Crippen molar-refractivity contribution >= 4 is 15.2 Å². The summed E-state index contributed by atoms with van der Waals surface area (Å²) in [5.41, 5.74) is 0. The van der Waals surface area contributed by atoms with Crippen molar-refractivity contribution in [2.75, 3.05) is 0 Å². The highest BCUT2D eigenvalue weighted by atomic mass is 27.1. The quantitative estimate of drug-likeness (QED) is 0.375. The predicted molar refractivity (Wildman–Crippen MR) is 60.4 cm³/mol. The van der Waals surface area contributed by atoms with E-state index in [4.69, 9.17) is 0 Å². The van der Waals surface area contributed by atoms with Gasteiger partial charge in [0.15, 0.2) is 0 Å². The van der Waals surface area contributed by atoms with Crippen LogP contribution in [-0.4, -0.2) is 15.2 Å². The summed E-state index contributed by atoms with van der Waals surface area (Å²) in [5.74, 6) is 0. The molecular weight excluding hydrogens is 159 g/mol. The second-order valence-corrected chi connectivity index (χ2v) is 5.95. The molecule has 0 saturated carbocycles. The molecule has 0 saturated heterocycles. The summed E-state index contributed by atoms with van der Waals surface area (Å²) in [5, 5.41) is 3.19. The average molecular weight is 184 g/mol. The molecule has 0 bridgehead atoms. The maximum Gasteiger partial charge on any atom is 0.236 e. The van der Waals surface area contributed by atoms with E-state index < -0.39 is 0 Å². The Morgan fingerprint density at radius 1 is 0.667 bits per heavy atom. The van der Waals surface area contributed by atoms with E-state index in [2.05, 4.69) is 13.8 Å². The van der Waals surface area contributed by atoms with Crippen LogP contribution in [0.1, 0.15) is 58.8 Å². The first kappa shape index (κ1) is 12.5. The fourth-order valence-corrected chi connectivity index (χ4v) is 3.12. The highest BCUT2D eigenvalue weighted by molar-refractivity contribution is 6.35. The van der Waals surface area contributed by atoms with Crippen molar-refractivity contribution in [2.45, 2.75) is 69.4 Å². The molecule has 0 unspecified atom stereocenters.